The lowest BCUT2D eigenvalue weighted by Crippen LogP contribution is -2.30. The summed E-state index contributed by atoms with van der Waals surface area (Å²) in [7, 11) is 0. The first-order chi connectivity index (χ1) is 14.4. The van der Waals surface area contributed by atoms with Crippen LogP contribution in [0.5, 0.6) is 5.75 Å². The number of hydrogen-bond donors (Lipinski definition) is 1. The fourth-order valence-electron chi connectivity index (χ4n) is 3.52. The van der Waals surface area contributed by atoms with Crippen LogP contribution in [0.4, 0.5) is 5.69 Å². The molecular weight excluding hydrogens is 408 g/mol. The van der Waals surface area contributed by atoms with E-state index in [9.17, 15) is 19.7 Å². The first-order valence-electron chi connectivity index (χ1n) is 9.07. The van der Waals surface area contributed by atoms with E-state index in [0.717, 1.165) is 11.3 Å². The molecule has 0 saturated carbocycles. The predicted molar refractivity (Wildman–Crippen MR) is 112 cm³/mol. The molecule has 1 atom stereocenters. The van der Waals surface area contributed by atoms with Gasteiger partial charge in [-0.15, -0.1) is 0 Å². The van der Waals surface area contributed by atoms with E-state index in [1.54, 1.807) is 37.3 Å². The van der Waals surface area contributed by atoms with E-state index >= 15 is 0 Å². The van der Waals surface area contributed by atoms with Gasteiger partial charge in [-0.1, -0.05) is 35.6 Å². The number of carbonyl (C=O) groups excluding carboxylic acids is 1. The number of rotatable bonds is 4. The SMILES string of the molecule is CCOC(=O)C1=C(N)Oc2c(c(=O)sc3ccccc23)[C@H]1c1cccc([N+](=O)[O-])c1. The summed E-state index contributed by atoms with van der Waals surface area (Å²) in [5.41, 5.74) is 6.48. The first kappa shape index (κ1) is 19.6. The molecule has 2 heterocycles. The number of nitrogens with two attached hydrogens (primary N) is 1. The van der Waals surface area contributed by atoms with E-state index in [2.05, 4.69) is 0 Å². The van der Waals surface area contributed by atoms with Gasteiger partial charge in [0.1, 0.15) is 11.3 Å². The molecule has 1 aliphatic heterocycles. The lowest BCUT2D eigenvalue weighted by molar-refractivity contribution is -0.384. The van der Waals surface area contributed by atoms with Crippen molar-refractivity contribution in [3.8, 4) is 5.75 Å². The maximum Gasteiger partial charge on any atom is 0.340 e. The van der Waals surface area contributed by atoms with Crippen LogP contribution in [-0.4, -0.2) is 17.5 Å². The van der Waals surface area contributed by atoms with Gasteiger partial charge in [-0.2, -0.15) is 0 Å². The van der Waals surface area contributed by atoms with E-state index in [-0.39, 0.29) is 39.8 Å². The van der Waals surface area contributed by atoms with Crippen LogP contribution >= 0.6 is 11.3 Å². The molecule has 0 amide bonds. The molecule has 0 radical (unpaired) electrons. The summed E-state index contributed by atoms with van der Waals surface area (Å²) < 4.78 is 11.3. The van der Waals surface area contributed by atoms with Gasteiger partial charge in [-0.05, 0) is 24.6 Å². The van der Waals surface area contributed by atoms with Crippen LogP contribution < -0.4 is 15.2 Å². The van der Waals surface area contributed by atoms with Gasteiger partial charge >= 0.3 is 5.97 Å². The minimum absolute atomic E-state index is 0.0515. The Morgan fingerprint density at radius 1 is 1.27 bits per heavy atom. The van der Waals surface area contributed by atoms with Crippen LogP contribution in [0.15, 0.2) is 64.8 Å². The van der Waals surface area contributed by atoms with E-state index in [1.807, 2.05) is 0 Å². The second-order valence-electron chi connectivity index (χ2n) is 6.51. The maximum absolute atomic E-state index is 13.1. The van der Waals surface area contributed by atoms with Crippen LogP contribution in [-0.2, 0) is 9.53 Å². The summed E-state index contributed by atoms with van der Waals surface area (Å²) in [5, 5.41) is 12.0. The summed E-state index contributed by atoms with van der Waals surface area (Å²) in [6.45, 7) is 1.73. The van der Waals surface area contributed by atoms with Crippen molar-refractivity contribution in [1.29, 1.82) is 0 Å². The summed E-state index contributed by atoms with van der Waals surface area (Å²) in [6.07, 6.45) is 0. The van der Waals surface area contributed by atoms with Crippen LogP contribution in [0.1, 0.15) is 24.0 Å². The van der Waals surface area contributed by atoms with E-state index in [0.29, 0.717) is 15.6 Å². The van der Waals surface area contributed by atoms with Gasteiger partial charge < -0.3 is 15.2 Å². The van der Waals surface area contributed by atoms with Crippen molar-refractivity contribution in [2.75, 3.05) is 6.61 Å². The molecular formula is C21H16N2O6S. The zero-order chi connectivity index (χ0) is 21.4. The van der Waals surface area contributed by atoms with Crippen LogP contribution in [0.25, 0.3) is 10.1 Å². The fraction of sp³-hybridized carbons (Fsp3) is 0.143. The Hall–Kier alpha value is -3.72. The molecule has 1 aliphatic rings. The second kappa shape index (κ2) is 7.60. The molecule has 30 heavy (non-hydrogen) atoms. The first-order valence-corrected chi connectivity index (χ1v) is 9.88. The summed E-state index contributed by atoms with van der Waals surface area (Å²) in [4.78, 5) is 36.6. The third kappa shape index (κ3) is 3.18. The Labute approximate surface area is 174 Å². The van der Waals surface area contributed by atoms with Crippen molar-refractivity contribution >= 4 is 33.1 Å². The third-order valence-corrected chi connectivity index (χ3v) is 5.74. The number of benzene rings is 2. The Morgan fingerprint density at radius 3 is 2.77 bits per heavy atom. The molecule has 0 unspecified atom stereocenters. The van der Waals surface area contributed by atoms with Crippen molar-refractivity contribution in [2.24, 2.45) is 5.73 Å². The van der Waals surface area contributed by atoms with E-state index in [4.69, 9.17) is 15.2 Å². The highest BCUT2D eigenvalue weighted by molar-refractivity contribution is 7.16. The van der Waals surface area contributed by atoms with Crippen LogP contribution in [0.2, 0.25) is 0 Å². The molecule has 8 nitrogen and oxygen atoms in total. The monoisotopic (exact) mass is 424 g/mol. The Balaban J connectivity index is 2.05. The van der Waals surface area contributed by atoms with Gasteiger partial charge in [0, 0.05) is 22.2 Å². The number of carbonyl (C=O) groups is 1. The largest absolute Gasteiger partial charge is 0.462 e. The smallest absolute Gasteiger partial charge is 0.340 e. The normalized spacial score (nSPS) is 15.4. The van der Waals surface area contributed by atoms with Gasteiger partial charge in [0.2, 0.25) is 10.6 Å². The number of ether oxygens (including phenoxy) is 2. The van der Waals surface area contributed by atoms with Crippen molar-refractivity contribution in [1.82, 2.24) is 0 Å². The number of nitro benzene ring substituents is 1. The van der Waals surface area contributed by atoms with Gasteiger partial charge in [0.15, 0.2) is 0 Å². The molecule has 9 heteroatoms. The maximum atomic E-state index is 13.1. The molecule has 2 aromatic carbocycles. The zero-order valence-electron chi connectivity index (χ0n) is 15.8. The van der Waals surface area contributed by atoms with Crippen molar-refractivity contribution < 1.29 is 19.2 Å². The highest BCUT2D eigenvalue weighted by Crippen LogP contribution is 2.45. The van der Waals surface area contributed by atoms with Gasteiger partial charge in [-0.3, -0.25) is 14.9 Å². The summed E-state index contributed by atoms with van der Waals surface area (Å²) >= 11 is 1.01. The van der Waals surface area contributed by atoms with Crippen LogP contribution in [0, 0.1) is 10.1 Å². The minimum atomic E-state index is -0.957. The number of fused-ring (bicyclic) bond motifs is 3. The third-order valence-electron chi connectivity index (χ3n) is 4.76. The molecule has 0 saturated heterocycles. The number of nitrogens with zero attached hydrogens (tertiary/aromatic N) is 1. The highest BCUT2D eigenvalue weighted by Gasteiger charge is 2.39. The molecule has 4 rings (SSSR count). The van der Waals surface area contributed by atoms with Crippen molar-refractivity contribution in [2.45, 2.75) is 12.8 Å². The molecule has 0 fully saturated rings. The van der Waals surface area contributed by atoms with Crippen molar-refractivity contribution in [3.05, 3.63) is 90.8 Å². The summed E-state index contributed by atoms with van der Waals surface area (Å²) in [5.74, 6) is -1.65. The Kier molecular flexibility index (Phi) is 4.96. The number of hydrogen-bond acceptors (Lipinski definition) is 8. The topological polar surface area (TPSA) is 122 Å². The highest BCUT2D eigenvalue weighted by atomic mass is 32.1. The second-order valence-corrected chi connectivity index (χ2v) is 7.53. The van der Waals surface area contributed by atoms with E-state index < -0.39 is 16.8 Å². The lowest BCUT2D eigenvalue weighted by atomic mass is 9.83. The number of esters is 1. The quantitative estimate of drug-likeness (QED) is 0.387. The molecule has 0 bridgehead atoms. The predicted octanol–water partition coefficient (Wildman–Crippen LogP) is 3.43. The molecule has 1 aromatic heterocycles. The average molecular weight is 424 g/mol. The molecule has 2 N–H and O–H groups in total. The molecule has 0 aliphatic carbocycles. The van der Waals surface area contributed by atoms with Crippen molar-refractivity contribution in [3.63, 3.8) is 0 Å². The molecule has 152 valence electrons. The molecule has 0 spiro atoms. The van der Waals surface area contributed by atoms with E-state index in [1.165, 1.54) is 18.2 Å². The summed E-state index contributed by atoms with van der Waals surface area (Å²) in [6, 6.07) is 12.9. The fourth-order valence-corrected chi connectivity index (χ4v) is 4.46. The lowest BCUT2D eigenvalue weighted by Gasteiger charge is -2.28. The number of non-ortho nitro benzene ring substituents is 1. The zero-order valence-corrected chi connectivity index (χ0v) is 16.6. The standard InChI is InChI=1S/C21H16N2O6S/c1-2-28-20(24)17-15(11-6-5-7-12(10-11)23(26)27)16-18(29-19(17)22)13-8-3-4-9-14(13)30-21(16)25/h3-10,15H,2,22H2,1H3/t15-/m1/s1. The van der Waals surface area contributed by atoms with Gasteiger partial charge in [0.05, 0.1) is 23.0 Å². The average Bonchev–Trinajstić information content (AvgIpc) is 2.73. The van der Waals surface area contributed by atoms with Crippen LogP contribution in [0.3, 0.4) is 0 Å². The van der Waals surface area contributed by atoms with Gasteiger partial charge in [0.25, 0.3) is 5.69 Å². The van der Waals surface area contributed by atoms with Gasteiger partial charge in [-0.25, -0.2) is 4.79 Å². The Bertz CT molecular complexity index is 1280. The Morgan fingerprint density at radius 2 is 2.03 bits per heavy atom. The molecule has 3 aromatic rings. The minimum Gasteiger partial charge on any atom is -0.462 e. The number of nitro groups is 1.